The van der Waals surface area contributed by atoms with Crippen molar-refractivity contribution in [3.63, 3.8) is 0 Å². The molecule has 1 unspecified atom stereocenters. The van der Waals surface area contributed by atoms with Crippen molar-refractivity contribution in [1.82, 2.24) is 15.0 Å². The third-order valence-corrected chi connectivity index (χ3v) is 2.77. The van der Waals surface area contributed by atoms with Crippen LogP contribution in [0.1, 0.15) is 0 Å². The molecule has 2 rings (SSSR count). The van der Waals surface area contributed by atoms with Gasteiger partial charge in [0.2, 0.25) is 17.2 Å². The largest absolute Gasteiger partial charge is 0.394 e. The first-order valence-electron chi connectivity index (χ1n) is 5.96. The molecule has 0 saturated carbocycles. The minimum Gasteiger partial charge on any atom is -0.394 e. The molecule has 0 aliphatic carbocycles. The van der Waals surface area contributed by atoms with Crippen LogP contribution in [0.2, 0.25) is 5.28 Å². The first-order valence-corrected chi connectivity index (χ1v) is 6.34. The molecule has 1 saturated heterocycles. The van der Waals surface area contributed by atoms with E-state index in [4.69, 9.17) is 21.4 Å². The molecule has 0 aromatic carbocycles. The lowest BCUT2D eigenvalue weighted by atomic mass is 10.4. The van der Waals surface area contributed by atoms with Gasteiger partial charge >= 0.3 is 0 Å². The molecule has 2 heterocycles. The van der Waals surface area contributed by atoms with Gasteiger partial charge in [0.1, 0.15) is 0 Å². The van der Waals surface area contributed by atoms with Crippen LogP contribution in [0.25, 0.3) is 0 Å². The number of nitrogens with one attached hydrogen (secondary N) is 1. The van der Waals surface area contributed by atoms with Gasteiger partial charge < -0.3 is 25.2 Å². The van der Waals surface area contributed by atoms with E-state index in [0.717, 1.165) is 0 Å². The molecule has 1 fully saturated rings. The maximum absolute atomic E-state index is 9.26. The number of nitrogens with zero attached hydrogens (tertiary/aromatic N) is 4. The summed E-state index contributed by atoms with van der Waals surface area (Å²) in [5.41, 5.74) is 0. The summed E-state index contributed by atoms with van der Waals surface area (Å²) in [7, 11) is 0. The van der Waals surface area contributed by atoms with Crippen LogP contribution in [0.5, 0.6) is 0 Å². The number of rotatable bonds is 5. The molecule has 19 heavy (non-hydrogen) atoms. The molecular formula is C10H16ClN5O3. The van der Waals surface area contributed by atoms with Crippen molar-refractivity contribution in [2.45, 2.75) is 6.10 Å². The van der Waals surface area contributed by atoms with E-state index in [9.17, 15) is 5.11 Å². The maximum Gasteiger partial charge on any atom is 0.231 e. The molecule has 106 valence electrons. The second-order valence-electron chi connectivity index (χ2n) is 4.04. The Morgan fingerprint density at radius 1 is 1.32 bits per heavy atom. The molecule has 0 radical (unpaired) electrons. The summed E-state index contributed by atoms with van der Waals surface area (Å²) in [4.78, 5) is 14.2. The van der Waals surface area contributed by atoms with Gasteiger partial charge in [-0.3, -0.25) is 0 Å². The fraction of sp³-hybridized carbons (Fsp3) is 0.700. The predicted molar refractivity (Wildman–Crippen MR) is 69.5 cm³/mol. The van der Waals surface area contributed by atoms with Gasteiger partial charge in [0, 0.05) is 19.6 Å². The summed E-state index contributed by atoms with van der Waals surface area (Å²) in [6.45, 7) is 2.43. The summed E-state index contributed by atoms with van der Waals surface area (Å²) in [5, 5.41) is 20.9. The van der Waals surface area contributed by atoms with Crippen LogP contribution in [-0.2, 0) is 4.74 Å². The molecule has 0 spiro atoms. The van der Waals surface area contributed by atoms with Crippen molar-refractivity contribution < 1.29 is 14.9 Å². The zero-order valence-electron chi connectivity index (χ0n) is 10.3. The molecule has 3 N–H and O–H groups in total. The summed E-state index contributed by atoms with van der Waals surface area (Å²) in [5.74, 6) is 0.748. The van der Waals surface area contributed by atoms with Crippen LogP contribution >= 0.6 is 11.6 Å². The monoisotopic (exact) mass is 289 g/mol. The topological polar surface area (TPSA) is 104 Å². The number of aromatic nitrogens is 3. The molecule has 1 atom stereocenters. The Kier molecular flexibility index (Phi) is 5.08. The summed E-state index contributed by atoms with van der Waals surface area (Å²) < 4.78 is 5.25. The zero-order valence-corrected chi connectivity index (χ0v) is 11.0. The highest BCUT2D eigenvalue weighted by molar-refractivity contribution is 6.28. The lowest BCUT2D eigenvalue weighted by Gasteiger charge is -2.26. The predicted octanol–water partition coefficient (Wildman–Crippen LogP) is -0.873. The van der Waals surface area contributed by atoms with Crippen LogP contribution in [-0.4, -0.2) is 70.7 Å². The molecule has 8 nitrogen and oxygen atoms in total. The minimum absolute atomic E-state index is 0.0810. The minimum atomic E-state index is -0.873. The van der Waals surface area contributed by atoms with Gasteiger partial charge in [0.25, 0.3) is 0 Å². The van der Waals surface area contributed by atoms with E-state index in [1.165, 1.54) is 0 Å². The molecule has 0 amide bonds. The van der Waals surface area contributed by atoms with E-state index >= 15 is 0 Å². The lowest BCUT2D eigenvalue weighted by molar-refractivity contribution is 0.105. The van der Waals surface area contributed by atoms with Crippen LogP contribution in [0.3, 0.4) is 0 Å². The zero-order chi connectivity index (χ0) is 13.7. The second kappa shape index (κ2) is 6.80. The van der Waals surface area contributed by atoms with E-state index in [2.05, 4.69) is 20.3 Å². The van der Waals surface area contributed by atoms with E-state index in [1.807, 2.05) is 4.90 Å². The molecule has 1 aromatic rings. The van der Waals surface area contributed by atoms with Crippen molar-refractivity contribution in [2.75, 3.05) is 49.7 Å². The third kappa shape index (κ3) is 4.13. The Morgan fingerprint density at radius 3 is 2.74 bits per heavy atom. The van der Waals surface area contributed by atoms with Gasteiger partial charge in [-0.2, -0.15) is 15.0 Å². The van der Waals surface area contributed by atoms with Gasteiger partial charge in [0.15, 0.2) is 0 Å². The van der Waals surface area contributed by atoms with Crippen molar-refractivity contribution in [3.05, 3.63) is 5.28 Å². The normalized spacial score (nSPS) is 17.3. The van der Waals surface area contributed by atoms with Crippen molar-refractivity contribution in [3.8, 4) is 0 Å². The molecular weight excluding hydrogens is 274 g/mol. The highest BCUT2D eigenvalue weighted by atomic mass is 35.5. The SMILES string of the molecule is OCC(O)CNc1nc(Cl)nc(N2CCOCC2)n1. The quantitative estimate of drug-likeness (QED) is 0.642. The van der Waals surface area contributed by atoms with Crippen molar-refractivity contribution in [1.29, 1.82) is 0 Å². The Labute approximate surface area is 115 Å². The number of hydrogen-bond acceptors (Lipinski definition) is 8. The lowest BCUT2D eigenvalue weighted by Crippen LogP contribution is -2.37. The molecule has 1 aliphatic heterocycles. The highest BCUT2D eigenvalue weighted by Gasteiger charge is 2.16. The van der Waals surface area contributed by atoms with Crippen molar-refractivity contribution in [2.24, 2.45) is 0 Å². The number of aliphatic hydroxyl groups is 2. The number of hydrogen-bond donors (Lipinski definition) is 3. The molecule has 0 bridgehead atoms. The van der Waals surface area contributed by atoms with Crippen LogP contribution in [0.15, 0.2) is 0 Å². The number of morpholine rings is 1. The molecule has 1 aliphatic rings. The Balaban J connectivity index is 2.05. The Hall–Kier alpha value is -1.22. The molecule has 1 aromatic heterocycles. The summed E-state index contributed by atoms with van der Waals surface area (Å²) in [6.07, 6.45) is -0.873. The van der Waals surface area contributed by atoms with E-state index in [1.54, 1.807) is 0 Å². The maximum atomic E-state index is 9.26. The average Bonchev–Trinajstić information content (AvgIpc) is 2.45. The Bertz CT molecular complexity index is 416. The van der Waals surface area contributed by atoms with E-state index < -0.39 is 6.10 Å². The number of anilines is 2. The average molecular weight is 290 g/mol. The first-order chi connectivity index (χ1) is 9.19. The standard InChI is InChI=1S/C10H16ClN5O3/c11-8-13-9(12-5-7(18)6-17)15-10(14-8)16-1-3-19-4-2-16/h7,17-18H,1-6H2,(H,12,13,14,15). The number of aliphatic hydroxyl groups excluding tert-OH is 2. The summed E-state index contributed by atoms with van der Waals surface area (Å²) in [6, 6.07) is 0. The fourth-order valence-corrected chi connectivity index (χ4v) is 1.75. The number of halogens is 1. The summed E-state index contributed by atoms with van der Waals surface area (Å²) >= 11 is 5.85. The van der Waals surface area contributed by atoms with E-state index in [0.29, 0.717) is 32.3 Å². The fourth-order valence-electron chi connectivity index (χ4n) is 1.60. The number of ether oxygens (including phenoxy) is 1. The smallest absolute Gasteiger partial charge is 0.231 e. The van der Waals surface area contributed by atoms with Crippen LogP contribution < -0.4 is 10.2 Å². The van der Waals surface area contributed by atoms with Crippen molar-refractivity contribution >= 4 is 23.5 Å². The van der Waals surface area contributed by atoms with Crippen LogP contribution in [0, 0.1) is 0 Å². The molecule has 9 heteroatoms. The third-order valence-electron chi connectivity index (χ3n) is 2.60. The van der Waals surface area contributed by atoms with E-state index in [-0.39, 0.29) is 24.4 Å². The second-order valence-corrected chi connectivity index (χ2v) is 4.38. The highest BCUT2D eigenvalue weighted by Crippen LogP contribution is 2.14. The first kappa shape index (κ1) is 14.2. The van der Waals surface area contributed by atoms with Gasteiger partial charge in [-0.05, 0) is 11.6 Å². The van der Waals surface area contributed by atoms with Gasteiger partial charge in [-0.25, -0.2) is 0 Å². The Morgan fingerprint density at radius 2 is 2.05 bits per heavy atom. The van der Waals surface area contributed by atoms with Crippen LogP contribution in [0.4, 0.5) is 11.9 Å². The van der Waals surface area contributed by atoms with Gasteiger partial charge in [0.05, 0.1) is 25.9 Å². The van der Waals surface area contributed by atoms with Gasteiger partial charge in [-0.15, -0.1) is 0 Å². The van der Waals surface area contributed by atoms with Gasteiger partial charge in [-0.1, -0.05) is 0 Å².